The SMILES string of the molecule is NC(=O)Cc1ccc(NC(=O)CCc2ccccc2F)cc1. The third kappa shape index (κ3) is 4.70. The summed E-state index contributed by atoms with van der Waals surface area (Å²) in [7, 11) is 0. The molecule has 3 N–H and O–H groups in total. The molecule has 22 heavy (non-hydrogen) atoms. The van der Waals surface area contributed by atoms with E-state index in [0.29, 0.717) is 17.7 Å². The summed E-state index contributed by atoms with van der Waals surface area (Å²) in [6.45, 7) is 0. The summed E-state index contributed by atoms with van der Waals surface area (Å²) >= 11 is 0. The highest BCUT2D eigenvalue weighted by Crippen LogP contribution is 2.12. The largest absolute Gasteiger partial charge is 0.369 e. The number of carbonyl (C=O) groups excluding carboxylic acids is 2. The maximum absolute atomic E-state index is 13.4. The number of aryl methyl sites for hydroxylation is 1. The van der Waals surface area contributed by atoms with Gasteiger partial charge in [-0.1, -0.05) is 30.3 Å². The Hall–Kier alpha value is -2.69. The zero-order valence-corrected chi connectivity index (χ0v) is 12.0. The minimum atomic E-state index is -0.401. The highest BCUT2D eigenvalue weighted by Gasteiger charge is 2.06. The van der Waals surface area contributed by atoms with E-state index in [0.717, 1.165) is 5.56 Å². The molecule has 0 aliphatic carbocycles. The first kappa shape index (κ1) is 15.7. The van der Waals surface area contributed by atoms with Crippen LogP contribution in [0, 0.1) is 5.82 Å². The fraction of sp³-hybridized carbons (Fsp3) is 0.176. The molecule has 0 spiro atoms. The van der Waals surface area contributed by atoms with Gasteiger partial charge in [0.05, 0.1) is 6.42 Å². The lowest BCUT2D eigenvalue weighted by atomic mass is 10.1. The van der Waals surface area contributed by atoms with Crippen LogP contribution in [0.3, 0.4) is 0 Å². The topological polar surface area (TPSA) is 72.2 Å². The molecule has 0 bridgehead atoms. The summed E-state index contributed by atoms with van der Waals surface area (Å²) in [6, 6.07) is 13.3. The number of amides is 2. The van der Waals surface area contributed by atoms with Gasteiger partial charge < -0.3 is 11.1 Å². The zero-order valence-electron chi connectivity index (χ0n) is 12.0. The molecule has 0 heterocycles. The van der Waals surface area contributed by atoms with Crippen molar-refractivity contribution in [3.05, 3.63) is 65.5 Å². The van der Waals surface area contributed by atoms with Crippen LogP contribution in [0.1, 0.15) is 17.5 Å². The molecule has 2 rings (SSSR count). The van der Waals surface area contributed by atoms with Crippen LogP contribution in [0.4, 0.5) is 10.1 Å². The van der Waals surface area contributed by atoms with Crippen molar-refractivity contribution in [1.82, 2.24) is 0 Å². The molecule has 0 atom stereocenters. The summed E-state index contributed by atoms with van der Waals surface area (Å²) in [4.78, 5) is 22.7. The van der Waals surface area contributed by atoms with Gasteiger partial charge in [-0.25, -0.2) is 4.39 Å². The Kier molecular flexibility index (Phi) is 5.25. The van der Waals surface area contributed by atoms with E-state index in [-0.39, 0.29) is 24.6 Å². The van der Waals surface area contributed by atoms with Crippen molar-refractivity contribution in [3.63, 3.8) is 0 Å². The van der Waals surface area contributed by atoms with Gasteiger partial charge in [0.15, 0.2) is 0 Å². The number of anilines is 1. The number of hydrogen-bond acceptors (Lipinski definition) is 2. The number of halogens is 1. The van der Waals surface area contributed by atoms with Gasteiger partial charge in [-0.05, 0) is 35.7 Å². The number of nitrogens with two attached hydrogens (primary N) is 1. The van der Waals surface area contributed by atoms with E-state index in [1.54, 1.807) is 42.5 Å². The van der Waals surface area contributed by atoms with E-state index in [4.69, 9.17) is 5.73 Å². The molecular formula is C17H17FN2O2. The van der Waals surface area contributed by atoms with Crippen molar-refractivity contribution in [3.8, 4) is 0 Å². The van der Waals surface area contributed by atoms with Gasteiger partial charge in [0, 0.05) is 12.1 Å². The van der Waals surface area contributed by atoms with Crippen LogP contribution >= 0.6 is 0 Å². The summed E-state index contributed by atoms with van der Waals surface area (Å²) in [5, 5.41) is 2.73. The van der Waals surface area contributed by atoms with Crippen molar-refractivity contribution < 1.29 is 14.0 Å². The second-order valence-corrected chi connectivity index (χ2v) is 4.98. The highest BCUT2D eigenvalue weighted by atomic mass is 19.1. The lowest BCUT2D eigenvalue weighted by Gasteiger charge is -2.07. The van der Waals surface area contributed by atoms with Gasteiger partial charge >= 0.3 is 0 Å². The minimum absolute atomic E-state index is 0.168. The van der Waals surface area contributed by atoms with Crippen molar-refractivity contribution in [2.75, 3.05) is 5.32 Å². The van der Waals surface area contributed by atoms with Crippen LogP contribution in [-0.2, 0) is 22.4 Å². The van der Waals surface area contributed by atoms with Gasteiger partial charge in [0.1, 0.15) is 5.82 Å². The van der Waals surface area contributed by atoms with Crippen molar-refractivity contribution in [1.29, 1.82) is 0 Å². The maximum atomic E-state index is 13.4. The van der Waals surface area contributed by atoms with Crippen LogP contribution in [0.2, 0.25) is 0 Å². The fourth-order valence-corrected chi connectivity index (χ4v) is 2.08. The number of nitrogens with one attached hydrogen (secondary N) is 1. The van der Waals surface area contributed by atoms with Crippen LogP contribution in [0.25, 0.3) is 0 Å². The van der Waals surface area contributed by atoms with Crippen molar-refractivity contribution >= 4 is 17.5 Å². The molecule has 4 nitrogen and oxygen atoms in total. The number of primary amides is 1. The standard InChI is InChI=1S/C17H17FN2O2/c18-15-4-2-1-3-13(15)7-10-17(22)20-14-8-5-12(6-9-14)11-16(19)21/h1-6,8-9H,7,10-11H2,(H2,19,21)(H,20,22). The first-order valence-electron chi connectivity index (χ1n) is 6.95. The van der Waals surface area contributed by atoms with Crippen molar-refractivity contribution in [2.45, 2.75) is 19.3 Å². The van der Waals surface area contributed by atoms with E-state index in [1.807, 2.05) is 0 Å². The third-order valence-corrected chi connectivity index (χ3v) is 3.20. The first-order chi connectivity index (χ1) is 10.5. The Balaban J connectivity index is 1.87. The average Bonchev–Trinajstić information content (AvgIpc) is 2.48. The summed E-state index contributed by atoms with van der Waals surface area (Å²) in [5.74, 6) is -0.890. The molecule has 0 fully saturated rings. The van der Waals surface area contributed by atoms with Crippen LogP contribution < -0.4 is 11.1 Å². The Labute approximate surface area is 128 Å². The molecule has 0 aliphatic rings. The van der Waals surface area contributed by atoms with E-state index < -0.39 is 5.91 Å². The molecule has 2 aromatic rings. The van der Waals surface area contributed by atoms with Gasteiger partial charge in [0.2, 0.25) is 11.8 Å². The van der Waals surface area contributed by atoms with Crippen LogP contribution in [-0.4, -0.2) is 11.8 Å². The first-order valence-corrected chi connectivity index (χ1v) is 6.95. The minimum Gasteiger partial charge on any atom is -0.369 e. The number of hydrogen-bond donors (Lipinski definition) is 2. The molecular weight excluding hydrogens is 283 g/mol. The predicted molar refractivity (Wildman–Crippen MR) is 82.7 cm³/mol. The molecule has 114 valence electrons. The van der Waals surface area contributed by atoms with Gasteiger partial charge in [0.25, 0.3) is 0 Å². The summed E-state index contributed by atoms with van der Waals surface area (Å²) in [5.41, 5.74) is 7.05. The number of carbonyl (C=O) groups is 2. The van der Waals surface area contributed by atoms with Crippen LogP contribution in [0.15, 0.2) is 48.5 Å². The Morgan fingerprint density at radius 3 is 2.36 bits per heavy atom. The molecule has 5 heteroatoms. The normalized spacial score (nSPS) is 10.2. The van der Waals surface area contributed by atoms with E-state index in [2.05, 4.69) is 5.32 Å². The predicted octanol–water partition coefficient (Wildman–Crippen LogP) is 2.42. The monoisotopic (exact) mass is 300 g/mol. The van der Waals surface area contributed by atoms with Gasteiger partial charge in [-0.2, -0.15) is 0 Å². The van der Waals surface area contributed by atoms with Crippen LogP contribution in [0.5, 0.6) is 0 Å². The highest BCUT2D eigenvalue weighted by molar-refractivity contribution is 5.90. The zero-order chi connectivity index (χ0) is 15.9. The second-order valence-electron chi connectivity index (χ2n) is 4.98. The molecule has 0 aromatic heterocycles. The lowest BCUT2D eigenvalue weighted by molar-refractivity contribution is -0.117. The average molecular weight is 300 g/mol. The second kappa shape index (κ2) is 7.36. The Morgan fingerprint density at radius 2 is 1.73 bits per heavy atom. The fourth-order valence-electron chi connectivity index (χ4n) is 2.08. The number of rotatable bonds is 6. The van der Waals surface area contributed by atoms with E-state index in [9.17, 15) is 14.0 Å². The molecule has 2 amide bonds. The Bertz CT molecular complexity index is 669. The smallest absolute Gasteiger partial charge is 0.224 e. The third-order valence-electron chi connectivity index (χ3n) is 3.20. The Morgan fingerprint density at radius 1 is 1.05 bits per heavy atom. The summed E-state index contributed by atoms with van der Waals surface area (Å²) < 4.78 is 13.4. The van der Waals surface area contributed by atoms with E-state index >= 15 is 0 Å². The molecule has 0 aliphatic heterocycles. The summed E-state index contributed by atoms with van der Waals surface area (Å²) in [6.07, 6.45) is 0.712. The quantitative estimate of drug-likeness (QED) is 0.860. The van der Waals surface area contributed by atoms with Crippen molar-refractivity contribution in [2.24, 2.45) is 5.73 Å². The number of benzene rings is 2. The van der Waals surface area contributed by atoms with Gasteiger partial charge in [-0.3, -0.25) is 9.59 Å². The molecule has 0 unspecified atom stereocenters. The molecule has 0 saturated heterocycles. The molecule has 0 saturated carbocycles. The van der Waals surface area contributed by atoms with E-state index in [1.165, 1.54) is 6.07 Å². The lowest BCUT2D eigenvalue weighted by Crippen LogP contribution is -2.14. The van der Waals surface area contributed by atoms with Gasteiger partial charge in [-0.15, -0.1) is 0 Å². The molecule has 0 radical (unpaired) electrons. The maximum Gasteiger partial charge on any atom is 0.224 e. The molecule has 2 aromatic carbocycles.